The molecule has 1 fully saturated rings. The minimum Gasteiger partial charge on any atom is -0.300 e. The average molecular weight is 264 g/mol. The zero-order chi connectivity index (χ0) is 13.8. The quantitative estimate of drug-likeness (QED) is 0.719. The monoisotopic (exact) mass is 264 g/mol. The first-order valence-corrected chi connectivity index (χ1v) is 7.46. The van der Waals surface area contributed by atoms with Gasteiger partial charge in [0.15, 0.2) is 0 Å². The van der Waals surface area contributed by atoms with Gasteiger partial charge >= 0.3 is 0 Å². The average Bonchev–Trinajstić information content (AvgIpc) is 2.71. The Morgan fingerprint density at radius 1 is 0.750 bits per heavy atom. The van der Waals surface area contributed by atoms with E-state index < -0.39 is 0 Å². The summed E-state index contributed by atoms with van der Waals surface area (Å²) < 4.78 is 0. The van der Waals surface area contributed by atoms with Crippen LogP contribution in [0.4, 0.5) is 0 Å². The Labute approximate surface area is 120 Å². The predicted octanol–water partition coefficient (Wildman–Crippen LogP) is 4.70. The molecule has 1 saturated carbocycles. The van der Waals surface area contributed by atoms with Crippen molar-refractivity contribution in [1.29, 1.82) is 0 Å². The van der Waals surface area contributed by atoms with Crippen molar-refractivity contribution < 1.29 is 4.79 Å². The van der Waals surface area contributed by atoms with Gasteiger partial charge in [-0.15, -0.1) is 0 Å². The number of hydrogen-bond donors (Lipinski definition) is 0. The second-order valence-corrected chi connectivity index (χ2v) is 5.67. The molecule has 1 nitrogen and oxygen atoms in total. The van der Waals surface area contributed by atoms with Gasteiger partial charge in [0.05, 0.1) is 0 Å². The van der Waals surface area contributed by atoms with Crippen molar-refractivity contribution in [2.75, 3.05) is 0 Å². The van der Waals surface area contributed by atoms with Crippen LogP contribution in [0.3, 0.4) is 0 Å². The van der Waals surface area contributed by atoms with E-state index in [4.69, 9.17) is 0 Å². The number of hydrogen-bond acceptors (Lipinski definition) is 1. The van der Waals surface area contributed by atoms with E-state index in [1.165, 1.54) is 11.1 Å². The summed E-state index contributed by atoms with van der Waals surface area (Å²) in [7, 11) is 0. The van der Waals surface area contributed by atoms with Crippen LogP contribution in [-0.4, -0.2) is 5.78 Å². The lowest BCUT2D eigenvalue weighted by atomic mass is 9.78. The third-order valence-corrected chi connectivity index (χ3v) is 4.36. The molecule has 0 N–H and O–H groups in total. The largest absolute Gasteiger partial charge is 0.300 e. The lowest BCUT2D eigenvalue weighted by molar-refractivity contribution is -0.119. The van der Waals surface area contributed by atoms with Crippen LogP contribution in [-0.2, 0) is 4.79 Å². The fourth-order valence-corrected chi connectivity index (χ4v) is 3.36. The summed E-state index contributed by atoms with van der Waals surface area (Å²) in [5.41, 5.74) is 2.67. The molecule has 0 radical (unpaired) electrons. The molecule has 0 bridgehead atoms. The Morgan fingerprint density at radius 2 is 1.30 bits per heavy atom. The zero-order valence-electron chi connectivity index (χ0n) is 11.7. The van der Waals surface area contributed by atoms with E-state index in [0.29, 0.717) is 24.0 Å². The topological polar surface area (TPSA) is 17.1 Å². The van der Waals surface area contributed by atoms with Gasteiger partial charge in [-0.3, -0.25) is 4.79 Å². The molecule has 0 saturated heterocycles. The highest BCUT2D eigenvalue weighted by Crippen LogP contribution is 2.41. The molecule has 0 aromatic heterocycles. The van der Waals surface area contributed by atoms with E-state index in [1.54, 1.807) is 0 Å². The van der Waals surface area contributed by atoms with Crippen LogP contribution in [0.25, 0.3) is 0 Å². The van der Waals surface area contributed by atoms with Crippen LogP contribution in [0.1, 0.15) is 48.6 Å². The summed E-state index contributed by atoms with van der Waals surface area (Å²) in [5, 5.41) is 0. The Morgan fingerprint density at radius 3 is 1.90 bits per heavy atom. The van der Waals surface area contributed by atoms with Gasteiger partial charge in [-0.25, -0.2) is 0 Å². The molecular weight excluding hydrogens is 244 g/mol. The number of Topliss-reactive ketones (excluding diaryl/α,β-unsaturated/α-hetero) is 1. The van der Waals surface area contributed by atoms with Gasteiger partial charge in [0, 0.05) is 12.8 Å². The first-order chi connectivity index (χ1) is 9.84. The molecule has 0 amide bonds. The normalized spacial score (nSPS) is 23.3. The fourth-order valence-electron chi connectivity index (χ4n) is 3.36. The maximum absolute atomic E-state index is 12.0. The lowest BCUT2D eigenvalue weighted by Gasteiger charge is -2.25. The van der Waals surface area contributed by atoms with Gasteiger partial charge in [0.25, 0.3) is 0 Å². The first kappa shape index (κ1) is 13.1. The van der Waals surface area contributed by atoms with Crippen LogP contribution in [0.2, 0.25) is 0 Å². The van der Waals surface area contributed by atoms with Gasteiger partial charge in [0.1, 0.15) is 5.78 Å². The maximum atomic E-state index is 12.0. The minimum atomic E-state index is 0.327. The van der Waals surface area contributed by atoms with Crippen molar-refractivity contribution in [3.63, 3.8) is 0 Å². The Bertz CT molecular complexity index is 559. The van der Waals surface area contributed by atoms with E-state index in [-0.39, 0.29) is 0 Å². The van der Waals surface area contributed by atoms with Crippen LogP contribution in [0, 0.1) is 0 Å². The molecule has 1 aliphatic rings. The number of rotatable bonds is 2. The van der Waals surface area contributed by atoms with Crippen LogP contribution in [0.15, 0.2) is 60.7 Å². The molecule has 1 aliphatic carbocycles. The van der Waals surface area contributed by atoms with Crippen molar-refractivity contribution in [3.8, 4) is 0 Å². The molecule has 2 aromatic rings. The first-order valence-electron chi connectivity index (χ1n) is 7.46. The third kappa shape index (κ3) is 2.82. The highest BCUT2D eigenvalue weighted by atomic mass is 16.1. The van der Waals surface area contributed by atoms with Crippen molar-refractivity contribution in [2.24, 2.45) is 0 Å². The minimum absolute atomic E-state index is 0.327. The molecule has 2 aromatic carbocycles. The fraction of sp³-hybridized carbons (Fsp3) is 0.316. The molecule has 3 rings (SSSR count). The van der Waals surface area contributed by atoms with Crippen LogP contribution in [0.5, 0.6) is 0 Å². The van der Waals surface area contributed by atoms with E-state index in [9.17, 15) is 4.79 Å². The summed E-state index contributed by atoms with van der Waals surface area (Å²) in [5.74, 6) is 1.20. The van der Waals surface area contributed by atoms with Gasteiger partial charge in [-0.1, -0.05) is 60.7 Å². The van der Waals surface area contributed by atoms with Crippen molar-refractivity contribution in [1.82, 2.24) is 0 Å². The second kappa shape index (κ2) is 6.04. The van der Waals surface area contributed by atoms with Crippen molar-refractivity contribution in [2.45, 2.75) is 37.5 Å². The number of carbonyl (C=O) groups excluding carboxylic acids is 1. The summed E-state index contributed by atoms with van der Waals surface area (Å²) >= 11 is 0. The standard InChI is InChI=1S/C19H20O/c20-17-12-7-13-18(15-8-3-1-4-9-15)19(14-17)16-10-5-2-6-11-16/h1-6,8-11,18-19H,7,12-14H2/t18-,19-/m0/s1. The molecule has 1 heteroatoms. The molecule has 0 spiro atoms. The molecule has 0 unspecified atom stereocenters. The smallest absolute Gasteiger partial charge is 0.133 e. The summed E-state index contributed by atoms with van der Waals surface area (Å²) in [6.45, 7) is 0. The molecule has 0 heterocycles. The van der Waals surface area contributed by atoms with Crippen molar-refractivity contribution >= 4 is 5.78 Å². The predicted molar refractivity (Wildman–Crippen MR) is 81.8 cm³/mol. The molecular formula is C19H20O. The van der Waals surface area contributed by atoms with E-state index in [0.717, 1.165) is 19.3 Å². The lowest BCUT2D eigenvalue weighted by Crippen LogP contribution is -2.12. The van der Waals surface area contributed by atoms with Gasteiger partial charge in [-0.2, -0.15) is 0 Å². The number of ketones is 1. The van der Waals surface area contributed by atoms with E-state index in [1.807, 2.05) is 6.07 Å². The summed E-state index contributed by atoms with van der Waals surface area (Å²) in [4.78, 5) is 12.0. The molecule has 102 valence electrons. The molecule has 0 aliphatic heterocycles. The van der Waals surface area contributed by atoms with Gasteiger partial charge in [0.2, 0.25) is 0 Å². The van der Waals surface area contributed by atoms with Crippen LogP contribution < -0.4 is 0 Å². The zero-order valence-corrected chi connectivity index (χ0v) is 11.7. The Hall–Kier alpha value is -1.89. The summed E-state index contributed by atoms with van der Waals surface area (Å²) in [6, 6.07) is 21.2. The second-order valence-electron chi connectivity index (χ2n) is 5.67. The SMILES string of the molecule is O=C1CCC[C@@H](c2ccccc2)[C@H](c2ccccc2)C1. The van der Waals surface area contributed by atoms with Crippen LogP contribution >= 0.6 is 0 Å². The molecule has 2 atom stereocenters. The Balaban J connectivity index is 1.98. The van der Waals surface area contributed by atoms with Crippen molar-refractivity contribution in [3.05, 3.63) is 71.8 Å². The number of carbonyl (C=O) groups is 1. The highest BCUT2D eigenvalue weighted by Gasteiger charge is 2.29. The Kier molecular flexibility index (Phi) is 3.96. The summed E-state index contributed by atoms with van der Waals surface area (Å²) in [6.07, 6.45) is 3.55. The third-order valence-electron chi connectivity index (χ3n) is 4.36. The number of benzene rings is 2. The highest BCUT2D eigenvalue weighted by molar-refractivity contribution is 5.79. The van der Waals surface area contributed by atoms with E-state index in [2.05, 4.69) is 54.6 Å². The van der Waals surface area contributed by atoms with E-state index >= 15 is 0 Å². The maximum Gasteiger partial charge on any atom is 0.133 e. The molecule has 20 heavy (non-hydrogen) atoms. The van der Waals surface area contributed by atoms with Gasteiger partial charge in [-0.05, 0) is 35.8 Å². The van der Waals surface area contributed by atoms with Gasteiger partial charge < -0.3 is 0 Å².